The van der Waals surface area contributed by atoms with Gasteiger partial charge in [-0.2, -0.15) is 5.10 Å². The summed E-state index contributed by atoms with van der Waals surface area (Å²) >= 11 is 0. The lowest BCUT2D eigenvalue weighted by atomic mass is 10.0. The van der Waals surface area contributed by atoms with E-state index in [1.165, 1.54) is 0 Å². The summed E-state index contributed by atoms with van der Waals surface area (Å²) in [6.45, 7) is 0. The number of nitrogens with one attached hydrogen (secondary N) is 1. The summed E-state index contributed by atoms with van der Waals surface area (Å²) in [4.78, 5) is 37.1. The second kappa shape index (κ2) is 8.32. The molecule has 1 fully saturated rings. The van der Waals surface area contributed by atoms with E-state index < -0.39 is 23.6 Å². The van der Waals surface area contributed by atoms with Gasteiger partial charge < -0.3 is 11.1 Å². The van der Waals surface area contributed by atoms with Gasteiger partial charge in [0.1, 0.15) is 11.7 Å². The summed E-state index contributed by atoms with van der Waals surface area (Å²) in [5, 5.41) is 7.32. The van der Waals surface area contributed by atoms with Crippen LogP contribution >= 0.6 is 0 Å². The number of hydrogen-bond donors (Lipinski definition) is 2. The molecule has 0 saturated heterocycles. The lowest BCUT2D eigenvalue weighted by Gasteiger charge is -2.16. The third-order valence-electron chi connectivity index (χ3n) is 5.09. The second-order valence-corrected chi connectivity index (χ2v) is 7.41. The topological polar surface area (TPSA) is 107 Å². The SMILES string of the molecule is NC(=O)C(=O)C(Cc1ccccc1)NC(=O)c1cn(C2CC2)nc1-c1ccccc1. The van der Waals surface area contributed by atoms with Gasteiger partial charge in [0.15, 0.2) is 0 Å². The normalized spacial score (nSPS) is 14.1. The third-order valence-corrected chi connectivity index (χ3v) is 5.09. The van der Waals surface area contributed by atoms with Crippen LogP contribution in [0.15, 0.2) is 66.9 Å². The fraction of sp³-hybridized carbons (Fsp3) is 0.217. The summed E-state index contributed by atoms with van der Waals surface area (Å²) in [6, 6.07) is 17.8. The van der Waals surface area contributed by atoms with Crippen molar-refractivity contribution >= 4 is 17.6 Å². The molecule has 1 aliphatic carbocycles. The van der Waals surface area contributed by atoms with E-state index in [0.29, 0.717) is 17.3 Å². The van der Waals surface area contributed by atoms with Crippen LogP contribution in [0.2, 0.25) is 0 Å². The van der Waals surface area contributed by atoms with Crippen molar-refractivity contribution in [3.63, 3.8) is 0 Å². The van der Waals surface area contributed by atoms with Crippen molar-refractivity contribution in [2.75, 3.05) is 0 Å². The molecule has 1 aliphatic rings. The van der Waals surface area contributed by atoms with Gasteiger partial charge in [-0.3, -0.25) is 19.1 Å². The number of Topliss-reactive ketones (excluding diaryl/α,β-unsaturated/α-hetero) is 1. The zero-order valence-electron chi connectivity index (χ0n) is 16.3. The highest BCUT2D eigenvalue weighted by atomic mass is 16.2. The van der Waals surface area contributed by atoms with Gasteiger partial charge >= 0.3 is 0 Å². The van der Waals surface area contributed by atoms with Crippen LogP contribution in [-0.4, -0.2) is 33.4 Å². The summed E-state index contributed by atoms with van der Waals surface area (Å²) in [5.74, 6) is -2.37. The lowest BCUT2D eigenvalue weighted by Crippen LogP contribution is -2.47. The van der Waals surface area contributed by atoms with Crippen LogP contribution in [0.5, 0.6) is 0 Å². The average Bonchev–Trinajstić information content (AvgIpc) is 3.52. The maximum atomic E-state index is 13.2. The van der Waals surface area contributed by atoms with Crippen molar-refractivity contribution in [3.8, 4) is 11.3 Å². The first-order valence-electron chi connectivity index (χ1n) is 9.86. The zero-order chi connectivity index (χ0) is 21.1. The number of carbonyl (C=O) groups is 3. The van der Waals surface area contributed by atoms with Gasteiger partial charge in [-0.25, -0.2) is 0 Å². The maximum absolute atomic E-state index is 13.2. The number of ketones is 1. The summed E-state index contributed by atoms with van der Waals surface area (Å²) in [6.07, 6.45) is 3.93. The largest absolute Gasteiger partial charge is 0.363 e. The Bertz CT molecular complexity index is 1070. The molecule has 1 atom stereocenters. The third kappa shape index (κ3) is 4.30. The number of nitrogens with zero attached hydrogens (tertiary/aromatic N) is 2. The highest BCUT2D eigenvalue weighted by molar-refractivity contribution is 6.38. The molecular weight excluding hydrogens is 380 g/mol. The van der Waals surface area contributed by atoms with E-state index in [1.54, 1.807) is 10.9 Å². The van der Waals surface area contributed by atoms with Crippen LogP contribution in [0, 0.1) is 0 Å². The van der Waals surface area contributed by atoms with E-state index in [2.05, 4.69) is 10.4 Å². The van der Waals surface area contributed by atoms with Crippen LogP contribution in [-0.2, 0) is 16.0 Å². The maximum Gasteiger partial charge on any atom is 0.287 e. The highest BCUT2D eigenvalue weighted by Gasteiger charge is 2.30. The quantitative estimate of drug-likeness (QED) is 0.564. The Morgan fingerprint density at radius 2 is 1.67 bits per heavy atom. The summed E-state index contributed by atoms with van der Waals surface area (Å²) in [5.41, 5.74) is 7.75. The minimum atomic E-state index is -1.08. The van der Waals surface area contributed by atoms with Crippen molar-refractivity contribution in [1.29, 1.82) is 0 Å². The standard InChI is InChI=1S/C23H22N4O3/c24-22(29)21(28)19(13-15-7-3-1-4-8-15)25-23(30)18-14-27(17-11-12-17)26-20(18)16-9-5-2-6-10-16/h1-10,14,17,19H,11-13H2,(H2,24,29)(H,25,30). The van der Waals surface area contributed by atoms with Gasteiger partial charge in [0.2, 0.25) is 5.78 Å². The second-order valence-electron chi connectivity index (χ2n) is 7.41. The smallest absolute Gasteiger partial charge is 0.287 e. The first-order chi connectivity index (χ1) is 14.5. The zero-order valence-corrected chi connectivity index (χ0v) is 16.3. The van der Waals surface area contributed by atoms with Crippen LogP contribution in [0.25, 0.3) is 11.3 Å². The molecule has 1 unspecified atom stereocenters. The number of benzene rings is 2. The van der Waals surface area contributed by atoms with E-state index in [4.69, 9.17) is 5.73 Å². The molecule has 1 saturated carbocycles. The van der Waals surface area contributed by atoms with Crippen molar-refractivity contribution < 1.29 is 14.4 Å². The molecule has 3 aromatic rings. The summed E-state index contributed by atoms with van der Waals surface area (Å²) < 4.78 is 1.80. The molecule has 7 nitrogen and oxygen atoms in total. The predicted molar refractivity (Wildman–Crippen MR) is 112 cm³/mol. The molecule has 30 heavy (non-hydrogen) atoms. The predicted octanol–water partition coefficient (Wildman–Crippen LogP) is 2.28. The van der Waals surface area contributed by atoms with Crippen LogP contribution < -0.4 is 11.1 Å². The number of aromatic nitrogens is 2. The summed E-state index contributed by atoms with van der Waals surface area (Å²) in [7, 11) is 0. The number of nitrogens with two attached hydrogens (primary N) is 1. The first kappa shape index (κ1) is 19.6. The van der Waals surface area contributed by atoms with Gasteiger partial charge in [0, 0.05) is 18.2 Å². The monoisotopic (exact) mass is 402 g/mol. The van der Waals surface area contributed by atoms with Gasteiger partial charge in [-0.15, -0.1) is 0 Å². The van der Waals surface area contributed by atoms with E-state index in [-0.39, 0.29) is 6.42 Å². The van der Waals surface area contributed by atoms with Crippen LogP contribution in [0.4, 0.5) is 0 Å². The number of rotatable bonds is 8. The van der Waals surface area contributed by atoms with Gasteiger partial charge in [-0.1, -0.05) is 60.7 Å². The molecule has 0 spiro atoms. The molecule has 0 bridgehead atoms. The van der Waals surface area contributed by atoms with Crippen molar-refractivity contribution in [2.24, 2.45) is 5.73 Å². The van der Waals surface area contributed by atoms with Crippen molar-refractivity contribution in [2.45, 2.75) is 31.3 Å². The lowest BCUT2D eigenvalue weighted by molar-refractivity contribution is -0.137. The number of carbonyl (C=O) groups excluding carboxylic acids is 3. The Hall–Kier alpha value is -3.74. The van der Waals surface area contributed by atoms with Gasteiger partial charge in [0.05, 0.1) is 11.6 Å². The van der Waals surface area contributed by atoms with Crippen molar-refractivity contribution in [3.05, 3.63) is 78.0 Å². The molecule has 0 aliphatic heterocycles. The highest BCUT2D eigenvalue weighted by Crippen LogP contribution is 2.36. The molecule has 152 valence electrons. The van der Waals surface area contributed by atoms with Gasteiger partial charge in [0.25, 0.3) is 11.8 Å². The Morgan fingerprint density at radius 1 is 1.03 bits per heavy atom. The molecule has 1 aromatic heterocycles. The number of amides is 2. The van der Waals surface area contributed by atoms with E-state index in [0.717, 1.165) is 24.0 Å². The molecule has 0 radical (unpaired) electrons. The molecule has 7 heteroatoms. The average molecular weight is 402 g/mol. The van der Waals surface area contributed by atoms with E-state index in [9.17, 15) is 14.4 Å². The van der Waals surface area contributed by atoms with E-state index >= 15 is 0 Å². The number of primary amides is 1. The molecule has 2 aromatic carbocycles. The van der Waals surface area contributed by atoms with Crippen LogP contribution in [0.1, 0.15) is 34.8 Å². The Morgan fingerprint density at radius 3 is 2.27 bits per heavy atom. The molecule has 4 rings (SSSR count). The Balaban J connectivity index is 1.63. The first-order valence-corrected chi connectivity index (χ1v) is 9.86. The Labute approximate surface area is 173 Å². The fourth-order valence-corrected chi connectivity index (χ4v) is 3.36. The fourth-order valence-electron chi connectivity index (χ4n) is 3.36. The Kier molecular flexibility index (Phi) is 5.43. The van der Waals surface area contributed by atoms with Crippen molar-refractivity contribution in [1.82, 2.24) is 15.1 Å². The minimum absolute atomic E-state index is 0.172. The van der Waals surface area contributed by atoms with Gasteiger partial charge in [-0.05, 0) is 18.4 Å². The number of hydrogen-bond acceptors (Lipinski definition) is 4. The van der Waals surface area contributed by atoms with Crippen LogP contribution in [0.3, 0.4) is 0 Å². The molecule has 2 amide bonds. The molecule has 1 heterocycles. The molecular formula is C23H22N4O3. The van der Waals surface area contributed by atoms with E-state index in [1.807, 2.05) is 60.7 Å². The molecule has 3 N–H and O–H groups in total. The minimum Gasteiger partial charge on any atom is -0.363 e.